The molecule has 0 aromatic heterocycles. The van der Waals surface area contributed by atoms with Crippen LogP contribution in [0, 0.1) is 0 Å². The molecule has 1 saturated heterocycles. The highest BCUT2D eigenvalue weighted by Gasteiger charge is 2.29. The first-order valence-corrected chi connectivity index (χ1v) is 5.74. The molecule has 0 spiro atoms. The first-order chi connectivity index (χ1) is 5.41. The molecule has 2 unspecified atom stereocenters. The Hall–Kier alpha value is -0.130. The predicted octanol–water partition coefficient (Wildman–Crippen LogP) is -0.242. The van der Waals surface area contributed by atoms with Gasteiger partial charge in [0.05, 0.1) is 5.25 Å². The van der Waals surface area contributed by atoms with Crippen molar-refractivity contribution in [2.75, 3.05) is 13.6 Å². The van der Waals surface area contributed by atoms with Crippen molar-refractivity contribution in [2.45, 2.75) is 31.1 Å². The maximum Gasteiger partial charge on any atom is 0.212 e. The van der Waals surface area contributed by atoms with Crippen LogP contribution in [0.1, 0.15) is 19.8 Å². The van der Waals surface area contributed by atoms with Crippen molar-refractivity contribution < 1.29 is 8.42 Å². The summed E-state index contributed by atoms with van der Waals surface area (Å²) in [5.41, 5.74) is 0. The van der Waals surface area contributed by atoms with Gasteiger partial charge in [-0.1, -0.05) is 0 Å². The van der Waals surface area contributed by atoms with Crippen LogP contribution in [0.3, 0.4) is 0 Å². The lowest BCUT2D eigenvalue weighted by atomic mass is 10.0. The maximum atomic E-state index is 11.0. The Morgan fingerprint density at radius 1 is 1.50 bits per heavy atom. The molecule has 1 rings (SSSR count). The smallest absolute Gasteiger partial charge is 0.212 e. The van der Waals surface area contributed by atoms with Crippen molar-refractivity contribution >= 4 is 10.0 Å². The molecule has 0 saturated carbocycles. The number of hydrogen-bond donors (Lipinski definition) is 1. The van der Waals surface area contributed by atoms with Crippen LogP contribution < -0.4 is 5.14 Å². The molecule has 1 heterocycles. The second-order valence-corrected chi connectivity index (χ2v) is 5.41. The van der Waals surface area contributed by atoms with Crippen LogP contribution in [0.5, 0.6) is 0 Å². The molecule has 0 aliphatic carbocycles. The molecule has 0 bridgehead atoms. The number of primary sulfonamides is 1. The van der Waals surface area contributed by atoms with E-state index in [-0.39, 0.29) is 5.25 Å². The molecule has 2 atom stereocenters. The average molecular weight is 192 g/mol. The van der Waals surface area contributed by atoms with Gasteiger partial charge in [0.25, 0.3) is 0 Å². The number of rotatable bonds is 1. The van der Waals surface area contributed by atoms with Crippen LogP contribution in [0.4, 0.5) is 0 Å². The first-order valence-electron chi connectivity index (χ1n) is 4.13. The normalized spacial score (nSPS) is 33.6. The topological polar surface area (TPSA) is 63.4 Å². The molecule has 0 radical (unpaired) electrons. The van der Waals surface area contributed by atoms with Crippen LogP contribution in [0.15, 0.2) is 0 Å². The van der Waals surface area contributed by atoms with Gasteiger partial charge < -0.3 is 4.90 Å². The van der Waals surface area contributed by atoms with E-state index >= 15 is 0 Å². The Morgan fingerprint density at radius 3 is 2.50 bits per heavy atom. The number of sulfonamides is 1. The zero-order chi connectivity index (χ0) is 9.35. The van der Waals surface area contributed by atoms with Gasteiger partial charge in [-0.3, -0.25) is 0 Å². The highest BCUT2D eigenvalue weighted by molar-refractivity contribution is 7.89. The van der Waals surface area contributed by atoms with Crippen molar-refractivity contribution in [2.24, 2.45) is 5.14 Å². The minimum Gasteiger partial charge on any atom is -0.304 e. The quantitative estimate of drug-likeness (QED) is 0.623. The number of piperidine rings is 1. The number of nitrogens with zero attached hydrogens (tertiary/aromatic N) is 1. The Morgan fingerprint density at radius 2 is 2.08 bits per heavy atom. The van der Waals surface area contributed by atoms with E-state index in [0.717, 1.165) is 6.54 Å². The minimum absolute atomic E-state index is 0.321. The summed E-state index contributed by atoms with van der Waals surface area (Å²) in [6.07, 6.45) is 1.33. The van der Waals surface area contributed by atoms with E-state index in [4.69, 9.17) is 5.14 Å². The van der Waals surface area contributed by atoms with Gasteiger partial charge in [0.2, 0.25) is 10.0 Å². The highest BCUT2D eigenvalue weighted by Crippen LogP contribution is 2.19. The summed E-state index contributed by atoms with van der Waals surface area (Å²) < 4.78 is 22.0. The van der Waals surface area contributed by atoms with Crippen molar-refractivity contribution in [3.8, 4) is 0 Å². The lowest BCUT2D eigenvalue weighted by Gasteiger charge is -2.33. The van der Waals surface area contributed by atoms with Crippen LogP contribution in [0.25, 0.3) is 0 Å². The van der Waals surface area contributed by atoms with Gasteiger partial charge >= 0.3 is 0 Å². The number of nitrogens with two attached hydrogens (primary N) is 1. The Kier molecular flexibility index (Phi) is 2.75. The van der Waals surface area contributed by atoms with Gasteiger partial charge in [-0.05, 0) is 33.4 Å². The first kappa shape index (κ1) is 9.95. The van der Waals surface area contributed by atoms with E-state index in [1.54, 1.807) is 0 Å². The lowest BCUT2D eigenvalue weighted by molar-refractivity contribution is 0.202. The molecule has 72 valence electrons. The zero-order valence-electron chi connectivity index (χ0n) is 7.53. The summed E-state index contributed by atoms with van der Waals surface area (Å²) in [6.45, 7) is 2.85. The van der Waals surface area contributed by atoms with Crippen LogP contribution in [0.2, 0.25) is 0 Å². The second kappa shape index (κ2) is 3.32. The monoisotopic (exact) mass is 192 g/mol. The largest absolute Gasteiger partial charge is 0.304 e. The summed E-state index contributed by atoms with van der Waals surface area (Å²) in [5, 5.41) is 4.74. The molecule has 0 amide bonds. The average Bonchev–Trinajstić information content (AvgIpc) is 1.92. The minimum atomic E-state index is -3.31. The third-order valence-corrected chi connectivity index (χ3v) is 3.98. The lowest BCUT2D eigenvalue weighted by Crippen LogP contribution is -2.44. The highest BCUT2D eigenvalue weighted by atomic mass is 32.2. The van der Waals surface area contributed by atoms with E-state index in [9.17, 15) is 8.42 Å². The van der Waals surface area contributed by atoms with E-state index in [1.807, 2.05) is 14.0 Å². The second-order valence-electron chi connectivity index (χ2n) is 3.57. The summed E-state index contributed by atoms with van der Waals surface area (Å²) in [5.74, 6) is 0. The molecule has 12 heavy (non-hydrogen) atoms. The predicted molar refractivity (Wildman–Crippen MR) is 48.2 cm³/mol. The molecule has 2 N–H and O–H groups in total. The van der Waals surface area contributed by atoms with Crippen molar-refractivity contribution in [1.29, 1.82) is 0 Å². The van der Waals surface area contributed by atoms with Gasteiger partial charge in [-0.25, -0.2) is 13.6 Å². The maximum absolute atomic E-state index is 11.0. The van der Waals surface area contributed by atoms with Crippen LogP contribution >= 0.6 is 0 Å². The third kappa shape index (κ3) is 2.18. The van der Waals surface area contributed by atoms with Gasteiger partial charge in [0.1, 0.15) is 0 Å². The molecular formula is C7H16N2O2S. The van der Waals surface area contributed by atoms with Crippen molar-refractivity contribution in [3.63, 3.8) is 0 Å². The Balaban J connectivity index is 2.64. The van der Waals surface area contributed by atoms with Crippen LogP contribution in [-0.2, 0) is 10.0 Å². The van der Waals surface area contributed by atoms with Crippen LogP contribution in [-0.4, -0.2) is 38.2 Å². The molecule has 0 aromatic rings. The standard InChI is InChI=1S/C7H16N2O2S/c1-6-5-7(12(8,10)11)3-4-9(6)2/h6-7H,3-5H2,1-2H3,(H2,8,10,11). The van der Waals surface area contributed by atoms with Crippen molar-refractivity contribution in [1.82, 2.24) is 4.90 Å². The van der Waals surface area contributed by atoms with E-state index in [0.29, 0.717) is 18.9 Å². The molecule has 4 nitrogen and oxygen atoms in total. The summed E-state index contributed by atoms with van der Waals surface area (Å²) in [4.78, 5) is 2.15. The zero-order valence-corrected chi connectivity index (χ0v) is 8.34. The molecule has 0 aromatic carbocycles. The fourth-order valence-electron chi connectivity index (χ4n) is 1.54. The van der Waals surface area contributed by atoms with Crippen molar-refractivity contribution in [3.05, 3.63) is 0 Å². The third-order valence-electron chi connectivity index (χ3n) is 2.62. The summed E-state index contributed by atoms with van der Waals surface area (Å²) in [6, 6.07) is 0.321. The van der Waals surface area contributed by atoms with E-state index in [2.05, 4.69) is 4.90 Å². The van der Waals surface area contributed by atoms with Gasteiger partial charge in [0, 0.05) is 6.04 Å². The SMILES string of the molecule is CC1CC(S(N)(=O)=O)CCN1C. The number of hydrogen-bond acceptors (Lipinski definition) is 3. The summed E-state index contributed by atoms with van der Waals surface area (Å²) >= 11 is 0. The fourth-order valence-corrected chi connectivity index (χ4v) is 2.53. The van der Waals surface area contributed by atoms with Gasteiger partial charge in [0.15, 0.2) is 0 Å². The molecule has 1 aliphatic heterocycles. The fraction of sp³-hybridized carbons (Fsp3) is 1.00. The molecular weight excluding hydrogens is 176 g/mol. The Bertz CT molecular complexity index is 250. The molecule has 1 fully saturated rings. The summed E-state index contributed by atoms with van der Waals surface area (Å²) in [7, 11) is -1.30. The van der Waals surface area contributed by atoms with E-state index < -0.39 is 10.0 Å². The Labute approximate surface area is 73.8 Å². The molecule has 5 heteroatoms. The van der Waals surface area contributed by atoms with Gasteiger partial charge in [-0.15, -0.1) is 0 Å². The number of likely N-dealkylation sites (tertiary alicyclic amines) is 1. The van der Waals surface area contributed by atoms with Gasteiger partial charge in [-0.2, -0.15) is 0 Å². The molecule has 1 aliphatic rings. The van der Waals surface area contributed by atoms with E-state index in [1.165, 1.54) is 0 Å².